The monoisotopic (exact) mass is 458 g/mol. The van der Waals surface area contributed by atoms with Crippen LogP contribution < -0.4 is 5.32 Å². The fraction of sp³-hybridized carbons (Fsp3) is 0.250. The molecule has 2 aromatic rings. The Bertz CT molecular complexity index is 968. The molecule has 0 bridgehead atoms. The van der Waals surface area contributed by atoms with Gasteiger partial charge in [-0.15, -0.1) is 0 Å². The maximum Gasteiger partial charge on any atom is 0.436 e. The Morgan fingerprint density at radius 3 is 2.17 bits per heavy atom. The molecule has 1 heterocycles. The van der Waals surface area contributed by atoms with Crippen LogP contribution in [0.4, 0.5) is 32.2 Å². The van der Waals surface area contributed by atoms with E-state index in [9.17, 15) is 31.6 Å². The van der Waals surface area contributed by atoms with Gasteiger partial charge in [-0.3, -0.25) is 0 Å². The average Bonchev–Trinajstić information content (AvgIpc) is 2.92. The summed E-state index contributed by atoms with van der Waals surface area (Å²) < 4.78 is 84.2. The van der Waals surface area contributed by atoms with Gasteiger partial charge in [0.15, 0.2) is 17.4 Å². The quantitative estimate of drug-likeness (QED) is 0.440. The molecule has 13 heteroatoms. The summed E-state index contributed by atoms with van der Waals surface area (Å²) in [6.45, 7) is 5.10. The van der Waals surface area contributed by atoms with Crippen LogP contribution in [0.2, 0.25) is 10.0 Å². The van der Waals surface area contributed by atoms with Crippen LogP contribution in [-0.4, -0.2) is 16.4 Å². The molecule has 156 valence electrons. The van der Waals surface area contributed by atoms with Crippen LogP contribution in [-0.2, 0) is 17.1 Å². The molecule has 0 radical (unpaired) electrons. The highest BCUT2D eigenvalue weighted by Crippen LogP contribution is 2.41. The van der Waals surface area contributed by atoms with Gasteiger partial charge in [-0.1, -0.05) is 23.2 Å². The highest BCUT2D eigenvalue weighted by Gasteiger charge is 2.41. The van der Waals surface area contributed by atoms with Crippen molar-refractivity contribution in [1.29, 1.82) is 5.26 Å². The van der Waals surface area contributed by atoms with Crippen molar-refractivity contribution in [3.8, 4) is 11.8 Å². The highest BCUT2D eigenvalue weighted by atomic mass is 35.5. The Morgan fingerprint density at radius 1 is 1.21 bits per heavy atom. The van der Waals surface area contributed by atoms with Crippen molar-refractivity contribution in [3.05, 3.63) is 51.5 Å². The molecule has 1 aromatic carbocycles. The number of hydrogen-bond acceptors (Lipinski definition) is 4. The number of ether oxygens (including phenoxy) is 1. The Hall–Kier alpha value is -2.58. The zero-order valence-electron chi connectivity index (χ0n) is 14.3. The molecule has 5 nitrogen and oxygen atoms in total. The van der Waals surface area contributed by atoms with E-state index < -0.39 is 50.7 Å². The van der Waals surface area contributed by atoms with Crippen molar-refractivity contribution in [2.75, 3.05) is 11.9 Å². The second-order valence-electron chi connectivity index (χ2n) is 5.36. The molecular formula is C16H10Cl2F6N4O. The van der Waals surface area contributed by atoms with Crippen LogP contribution in [0.25, 0.3) is 5.69 Å². The minimum atomic E-state index is -5.05. The topological polar surface area (TPSA) is 62.9 Å². The molecule has 0 atom stereocenters. The first-order valence-electron chi connectivity index (χ1n) is 7.56. The molecule has 1 aromatic heterocycles. The molecule has 2 rings (SSSR count). The summed E-state index contributed by atoms with van der Waals surface area (Å²) in [5, 5.41) is 13.6. The number of alkyl halides is 6. The molecule has 0 fully saturated rings. The largest absolute Gasteiger partial charge is 0.480 e. The van der Waals surface area contributed by atoms with Crippen LogP contribution in [0, 0.1) is 11.3 Å². The number of rotatable bonds is 5. The van der Waals surface area contributed by atoms with Crippen molar-refractivity contribution in [1.82, 2.24) is 9.78 Å². The summed E-state index contributed by atoms with van der Waals surface area (Å²) in [4.78, 5) is 0. The molecule has 0 unspecified atom stereocenters. The minimum absolute atomic E-state index is 0.0930. The average molecular weight is 459 g/mol. The second-order valence-corrected chi connectivity index (χ2v) is 6.18. The van der Waals surface area contributed by atoms with Crippen molar-refractivity contribution in [2.45, 2.75) is 19.3 Å². The molecular weight excluding hydrogens is 449 g/mol. The van der Waals surface area contributed by atoms with Gasteiger partial charge in [0.25, 0.3) is 0 Å². The lowest BCUT2D eigenvalue weighted by Gasteiger charge is -2.16. The van der Waals surface area contributed by atoms with Gasteiger partial charge >= 0.3 is 12.4 Å². The van der Waals surface area contributed by atoms with Gasteiger partial charge < -0.3 is 10.1 Å². The maximum atomic E-state index is 13.3. The maximum absolute atomic E-state index is 13.3. The number of benzene rings is 1. The molecule has 0 saturated heterocycles. The summed E-state index contributed by atoms with van der Waals surface area (Å²) in [6.07, 6.45) is -9.85. The summed E-state index contributed by atoms with van der Waals surface area (Å²) >= 11 is 11.7. The standard InChI is InChI=1S/C16H10Cl2F6N4O/c1-3-29-7(2)26-14-9(6-25)13(16(22,23)24)27-28(14)12-10(17)4-8(5-11(12)18)15(19,20)21/h4-5,26H,2-3H2,1H3. The van der Waals surface area contributed by atoms with Gasteiger partial charge in [0.1, 0.15) is 17.3 Å². The van der Waals surface area contributed by atoms with Crippen LogP contribution in [0.3, 0.4) is 0 Å². The van der Waals surface area contributed by atoms with E-state index in [0.717, 1.165) is 0 Å². The second kappa shape index (κ2) is 8.04. The molecule has 29 heavy (non-hydrogen) atoms. The number of aromatic nitrogens is 2. The van der Waals surface area contributed by atoms with E-state index in [4.69, 9.17) is 27.9 Å². The van der Waals surface area contributed by atoms with Crippen LogP contribution in [0.1, 0.15) is 23.7 Å². The minimum Gasteiger partial charge on any atom is -0.480 e. The summed E-state index contributed by atoms with van der Waals surface area (Å²) in [5.74, 6) is -0.820. The fourth-order valence-corrected chi connectivity index (χ4v) is 2.92. The Kier molecular flexibility index (Phi) is 6.30. The highest BCUT2D eigenvalue weighted by molar-refractivity contribution is 6.38. The molecule has 0 spiro atoms. The van der Waals surface area contributed by atoms with Crippen LogP contribution in [0.5, 0.6) is 0 Å². The molecule has 0 amide bonds. The normalized spacial score (nSPS) is 11.9. The van der Waals surface area contributed by atoms with E-state index in [2.05, 4.69) is 17.0 Å². The lowest BCUT2D eigenvalue weighted by molar-refractivity contribution is -0.141. The lowest BCUT2D eigenvalue weighted by atomic mass is 10.2. The fourth-order valence-electron chi connectivity index (χ4n) is 2.27. The van der Waals surface area contributed by atoms with Gasteiger partial charge in [0.2, 0.25) is 0 Å². The Labute approximate surface area is 170 Å². The first kappa shape index (κ1) is 22.7. The van der Waals surface area contributed by atoms with Crippen molar-refractivity contribution in [3.63, 3.8) is 0 Å². The third-order valence-electron chi connectivity index (χ3n) is 3.40. The van der Waals surface area contributed by atoms with Crippen molar-refractivity contribution < 1.29 is 31.1 Å². The number of halogens is 8. The third kappa shape index (κ3) is 4.71. The van der Waals surface area contributed by atoms with E-state index in [1.54, 1.807) is 6.92 Å². The summed E-state index contributed by atoms with van der Waals surface area (Å²) in [7, 11) is 0. The Morgan fingerprint density at radius 2 is 1.76 bits per heavy atom. The zero-order chi connectivity index (χ0) is 22.1. The van der Waals surface area contributed by atoms with Crippen molar-refractivity contribution >= 4 is 29.0 Å². The molecule has 0 aliphatic heterocycles. The van der Waals surface area contributed by atoms with Crippen molar-refractivity contribution in [2.24, 2.45) is 0 Å². The first-order valence-corrected chi connectivity index (χ1v) is 8.32. The van der Waals surface area contributed by atoms with E-state index in [1.165, 1.54) is 6.07 Å². The molecule has 1 N–H and O–H groups in total. The van der Waals surface area contributed by atoms with Gasteiger partial charge in [-0.05, 0) is 25.6 Å². The number of anilines is 1. The van der Waals surface area contributed by atoms with E-state index >= 15 is 0 Å². The number of nitrogens with one attached hydrogen (secondary N) is 1. The van der Waals surface area contributed by atoms with E-state index in [1.807, 2.05) is 0 Å². The SMILES string of the molecule is C=C(Nc1c(C#N)c(C(F)(F)F)nn1-c1c(Cl)cc(C(F)(F)F)cc1Cl)OCC. The van der Waals surface area contributed by atoms with Gasteiger partial charge in [-0.25, -0.2) is 4.68 Å². The van der Waals surface area contributed by atoms with Gasteiger partial charge in [0, 0.05) is 0 Å². The molecule has 0 aliphatic rings. The number of nitrogens with zero attached hydrogens (tertiary/aromatic N) is 3. The lowest BCUT2D eigenvalue weighted by Crippen LogP contribution is -2.11. The van der Waals surface area contributed by atoms with E-state index in [0.29, 0.717) is 16.8 Å². The van der Waals surface area contributed by atoms with Crippen LogP contribution in [0.15, 0.2) is 24.6 Å². The number of hydrogen-bond donors (Lipinski definition) is 1. The summed E-state index contributed by atoms with van der Waals surface area (Å²) in [6, 6.07) is 2.31. The predicted octanol–water partition coefficient (Wildman–Crippen LogP) is 6.01. The first-order chi connectivity index (χ1) is 13.3. The molecule has 0 aliphatic carbocycles. The third-order valence-corrected chi connectivity index (χ3v) is 3.97. The van der Waals surface area contributed by atoms with Crippen LogP contribution >= 0.6 is 23.2 Å². The molecule has 0 saturated carbocycles. The zero-order valence-corrected chi connectivity index (χ0v) is 15.9. The number of nitriles is 1. The smallest absolute Gasteiger partial charge is 0.436 e. The summed E-state index contributed by atoms with van der Waals surface area (Å²) in [5.41, 5.74) is -4.27. The van der Waals surface area contributed by atoms with Gasteiger partial charge in [0.05, 0.1) is 22.2 Å². The predicted molar refractivity (Wildman–Crippen MR) is 92.7 cm³/mol. The van der Waals surface area contributed by atoms with Gasteiger partial charge in [-0.2, -0.15) is 36.7 Å². The Balaban J connectivity index is 2.80. The van der Waals surface area contributed by atoms with E-state index in [-0.39, 0.29) is 12.5 Å².